The standard InChI is InChI=1S/C20H22ClN3O/c1-25-19-7-5-18(6-8-19)24-13-16-9-10-23(14-20(16)22-24)12-15-3-2-4-17(21)11-15/h2-8,11,22H,9-10,12-14H2,1H3. The van der Waals surface area contributed by atoms with Crippen molar-refractivity contribution in [3.05, 3.63) is 70.4 Å². The molecule has 0 saturated heterocycles. The molecule has 0 bridgehead atoms. The van der Waals surface area contributed by atoms with Crippen molar-refractivity contribution < 1.29 is 4.74 Å². The molecule has 130 valence electrons. The van der Waals surface area contributed by atoms with Gasteiger partial charge in [-0.3, -0.25) is 9.91 Å². The van der Waals surface area contributed by atoms with Crippen LogP contribution in [0.4, 0.5) is 5.69 Å². The van der Waals surface area contributed by atoms with Crippen LogP contribution < -0.4 is 15.2 Å². The second kappa shape index (κ2) is 6.98. The van der Waals surface area contributed by atoms with Gasteiger partial charge < -0.3 is 10.2 Å². The molecule has 2 aromatic rings. The number of hydrazine groups is 1. The lowest BCUT2D eigenvalue weighted by molar-refractivity contribution is 0.275. The Balaban J connectivity index is 1.40. The third kappa shape index (κ3) is 3.60. The first-order valence-electron chi connectivity index (χ1n) is 8.57. The Morgan fingerprint density at radius 1 is 1.12 bits per heavy atom. The fourth-order valence-corrected chi connectivity index (χ4v) is 3.70. The molecule has 0 spiro atoms. The topological polar surface area (TPSA) is 27.7 Å². The van der Waals surface area contributed by atoms with Crippen LogP contribution in [0.15, 0.2) is 59.8 Å². The van der Waals surface area contributed by atoms with Crippen molar-refractivity contribution in [2.45, 2.75) is 13.0 Å². The Labute approximate surface area is 153 Å². The number of rotatable bonds is 4. The summed E-state index contributed by atoms with van der Waals surface area (Å²) in [6, 6.07) is 16.3. The third-order valence-electron chi connectivity index (χ3n) is 4.84. The van der Waals surface area contributed by atoms with Crippen LogP contribution in [-0.4, -0.2) is 31.6 Å². The van der Waals surface area contributed by atoms with Crippen LogP contribution in [0, 0.1) is 0 Å². The van der Waals surface area contributed by atoms with Crippen molar-refractivity contribution in [2.75, 3.05) is 31.8 Å². The largest absolute Gasteiger partial charge is 0.497 e. The molecule has 0 fully saturated rings. The second-order valence-corrected chi connectivity index (χ2v) is 7.01. The van der Waals surface area contributed by atoms with Crippen LogP contribution in [0.2, 0.25) is 5.02 Å². The normalized spacial score (nSPS) is 17.4. The Morgan fingerprint density at radius 2 is 1.96 bits per heavy atom. The number of methoxy groups -OCH3 is 1. The monoisotopic (exact) mass is 355 g/mol. The second-order valence-electron chi connectivity index (χ2n) is 6.57. The summed E-state index contributed by atoms with van der Waals surface area (Å²) in [6.45, 7) is 3.92. The zero-order valence-electron chi connectivity index (χ0n) is 14.3. The smallest absolute Gasteiger partial charge is 0.119 e. The maximum atomic E-state index is 6.10. The predicted molar refractivity (Wildman–Crippen MR) is 102 cm³/mol. The number of halogens is 1. The first-order chi connectivity index (χ1) is 12.2. The average Bonchev–Trinajstić information content (AvgIpc) is 3.05. The number of nitrogens with zero attached hydrogens (tertiary/aromatic N) is 2. The van der Waals surface area contributed by atoms with E-state index in [4.69, 9.17) is 16.3 Å². The summed E-state index contributed by atoms with van der Waals surface area (Å²) in [6.07, 6.45) is 1.11. The Bertz CT molecular complexity index is 788. The van der Waals surface area contributed by atoms with Gasteiger partial charge in [-0.1, -0.05) is 23.7 Å². The Morgan fingerprint density at radius 3 is 2.72 bits per heavy atom. The lowest BCUT2D eigenvalue weighted by atomic mass is 10.1. The SMILES string of the molecule is COc1ccc(N2CC3=C(CN(Cc4cccc(Cl)c4)CC3)N2)cc1. The first-order valence-corrected chi connectivity index (χ1v) is 8.95. The Hall–Kier alpha value is -2.17. The van der Waals surface area contributed by atoms with Gasteiger partial charge in [0.1, 0.15) is 5.75 Å². The molecule has 2 aromatic carbocycles. The average molecular weight is 356 g/mol. The lowest BCUT2D eigenvalue weighted by Gasteiger charge is -2.27. The molecule has 2 heterocycles. The molecule has 0 saturated carbocycles. The molecule has 1 N–H and O–H groups in total. The minimum atomic E-state index is 0.805. The highest BCUT2D eigenvalue weighted by atomic mass is 35.5. The molecule has 2 aliphatic rings. The molecule has 2 aliphatic heterocycles. The summed E-state index contributed by atoms with van der Waals surface area (Å²) in [4.78, 5) is 2.47. The third-order valence-corrected chi connectivity index (χ3v) is 5.07. The van der Waals surface area contributed by atoms with Gasteiger partial charge >= 0.3 is 0 Å². The zero-order chi connectivity index (χ0) is 17.2. The molecular weight excluding hydrogens is 334 g/mol. The predicted octanol–water partition coefficient (Wildman–Crippen LogP) is 3.83. The summed E-state index contributed by atoms with van der Waals surface area (Å²) in [5.41, 5.74) is 8.86. The molecule has 0 atom stereocenters. The highest BCUT2D eigenvalue weighted by Crippen LogP contribution is 2.28. The molecule has 0 radical (unpaired) electrons. The summed E-state index contributed by atoms with van der Waals surface area (Å²) in [5.74, 6) is 0.883. The van der Waals surface area contributed by atoms with Crippen molar-refractivity contribution in [1.82, 2.24) is 10.3 Å². The van der Waals surface area contributed by atoms with Gasteiger partial charge in [0, 0.05) is 30.4 Å². The molecule has 0 unspecified atom stereocenters. The van der Waals surface area contributed by atoms with Crippen LogP contribution in [0.1, 0.15) is 12.0 Å². The highest BCUT2D eigenvalue weighted by molar-refractivity contribution is 6.30. The number of hydrogen-bond donors (Lipinski definition) is 1. The summed E-state index contributed by atoms with van der Waals surface area (Å²) >= 11 is 6.10. The van der Waals surface area contributed by atoms with Gasteiger partial charge in [0.25, 0.3) is 0 Å². The van der Waals surface area contributed by atoms with Crippen molar-refractivity contribution in [2.24, 2.45) is 0 Å². The Kier molecular flexibility index (Phi) is 4.55. The molecular formula is C20H22ClN3O. The van der Waals surface area contributed by atoms with E-state index in [0.29, 0.717) is 0 Å². The molecule has 25 heavy (non-hydrogen) atoms. The zero-order valence-corrected chi connectivity index (χ0v) is 15.1. The van der Waals surface area contributed by atoms with E-state index >= 15 is 0 Å². The van der Waals surface area contributed by atoms with Gasteiger partial charge in [-0.2, -0.15) is 0 Å². The van der Waals surface area contributed by atoms with Gasteiger partial charge in [0.05, 0.1) is 19.3 Å². The van der Waals surface area contributed by atoms with E-state index in [1.807, 2.05) is 24.3 Å². The maximum absolute atomic E-state index is 6.10. The number of benzene rings is 2. The van der Waals surface area contributed by atoms with Crippen LogP contribution >= 0.6 is 11.6 Å². The number of nitrogens with one attached hydrogen (secondary N) is 1. The van der Waals surface area contributed by atoms with E-state index in [-0.39, 0.29) is 0 Å². The van der Waals surface area contributed by atoms with Crippen LogP contribution in [0.3, 0.4) is 0 Å². The summed E-state index contributed by atoms with van der Waals surface area (Å²) in [5, 5.41) is 3.02. The van der Waals surface area contributed by atoms with E-state index in [1.165, 1.54) is 16.8 Å². The quantitative estimate of drug-likeness (QED) is 0.902. The van der Waals surface area contributed by atoms with Crippen molar-refractivity contribution in [1.29, 1.82) is 0 Å². The van der Waals surface area contributed by atoms with E-state index in [1.54, 1.807) is 7.11 Å². The van der Waals surface area contributed by atoms with Gasteiger partial charge in [-0.25, -0.2) is 0 Å². The van der Waals surface area contributed by atoms with E-state index in [0.717, 1.165) is 49.1 Å². The maximum Gasteiger partial charge on any atom is 0.119 e. The van der Waals surface area contributed by atoms with E-state index < -0.39 is 0 Å². The first kappa shape index (κ1) is 16.3. The highest BCUT2D eigenvalue weighted by Gasteiger charge is 2.27. The molecule has 0 amide bonds. The van der Waals surface area contributed by atoms with Gasteiger partial charge in [0.2, 0.25) is 0 Å². The van der Waals surface area contributed by atoms with Crippen LogP contribution in [-0.2, 0) is 6.54 Å². The van der Waals surface area contributed by atoms with Crippen molar-refractivity contribution in [3.63, 3.8) is 0 Å². The fourth-order valence-electron chi connectivity index (χ4n) is 3.49. The number of ether oxygens (including phenoxy) is 1. The fraction of sp³-hybridized carbons (Fsp3) is 0.300. The van der Waals surface area contributed by atoms with E-state index in [2.05, 4.69) is 39.6 Å². The van der Waals surface area contributed by atoms with Gasteiger partial charge in [-0.05, 0) is 54.0 Å². The lowest BCUT2D eigenvalue weighted by Crippen LogP contribution is -2.36. The molecule has 5 heteroatoms. The molecule has 0 aliphatic carbocycles. The van der Waals surface area contributed by atoms with Crippen molar-refractivity contribution in [3.8, 4) is 5.75 Å². The van der Waals surface area contributed by atoms with Crippen molar-refractivity contribution >= 4 is 17.3 Å². The van der Waals surface area contributed by atoms with Gasteiger partial charge in [0.15, 0.2) is 0 Å². The van der Waals surface area contributed by atoms with Crippen LogP contribution in [0.25, 0.3) is 0 Å². The minimum Gasteiger partial charge on any atom is -0.497 e. The molecule has 4 nitrogen and oxygen atoms in total. The minimum absolute atomic E-state index is 0.805. The summed E-state index contributed by atoms with van der Waals surface area (Å²) in [7, 11) is 1.69. The van der Waals surface area contributed by atoms with Crippen LogP contribution in [0.5, 0.6) is 5.75 Å². The molecule has 4 rings (SSSR count). The molecule has 0 aromatic heterocycles. The number of hydrogen-bond acceptors (Lipinski definition) is 4. The number of anilines is 1. The van der Waals surface area contributed by atoms with E-state index in [9.17, 15) is 0 Å². The summed E-state index contributed by atoms with van der Waals surface area (Å²) < 4.78 is 5.24. The van der Waals surface area contributed by atoms with Gasteiger partial charge in [-0.15, -0.1) is 0 Å².